The van der Waals surface area contributed by atoms with Gasteiger partial charge in [-0.2, -0.15) is 5.10 Å². The summed E-state index contributed by atoms with van der Waals surface area (Å²) < 4.78 is 16.8. The molecule has 7 heteroatoms. The van der Waals surface area contributed by atoms with Gasteiger partial charge in [-0.25, -0.2) is 9.07 Å². The molecular weight excluding hydrogens is 407 g/mol. The first-order valence-corrected chi connectivity index (χ1v) is 10.5. The second-order valence-electron chi connectivity index (χ2n) is 8.25. The molecule has 1 amide bonds. The van der Waals surface area contributed by atoms with Crippen molar-refractivity contribution in [1.29, 1.82) is 0 Å². The lowest BCUT2D eigenvalue weighted by atomic mass is 10.0. The summed E-state index contributed by atoms with van der Waals surface area (Å²) in [4.78, 5) is 25.7. The summed E-state index contributed by atoms with van der Waals surface area (Å²) in [7, 11) is 0. The molecule has 1 N–H and O–H groups in total. The van der Waals surface area contributed by atoms with Gasteiger partial charge in [0, 0.05) is 17.1 Å². The third-order valence-corrected chi connectivity index (χ3v) is 5.51. The normalized spacial score (nSPS) is 11.3. The van der Waals surface area contributed by atoms with Crippen molar-refractivity contribution in [3.8, 4) is 5.69 Å². The van der Waals surface area contributed by atoms with Gasteiger partial charge >= 0.3 is 0 Å². The molecule has 6 nitrogen and oxygen atoms in total. The predicted molar refractivity (Wildman–Crippen MR) is 124 cm³/mol. The fourth-order valence-corrected chi connectivity index (χ4v) is 3.90. The van der Waals surface area contributed by atoms with Crippen LogP contribution in [0, 0.1) is 19.7 Å². The van der Waals surface area contributed by atoms with Gasteiger partial charge in [-0.05, 0) is 61.2 Å². The Morgan fingerprint density at radius 2 is 1.81 bits per heavy atom. The van der Waals surface area contributed by atoms with Crippen LogP contribution in [-0.2, 0) is 11.3 Å². The highest BCUT2D eigenvalue weighted by Gasteiger charge is 2.19. The smallest absolute Gasteiger partial charge is 0.252 e. The molecule has 2 aromatic carbocycles. The number of fused-ring (bicyclic) bond motifs is 1. The van der Waals surface area contributed by atoms with E-state index < -0.39 is 5.82 Å². The highest BCUT2D eigenvalue weighted by molar-refractivity contribution is 5.92. The van der Waals surface area contributed by atoms with Gasteiger partial charge in [0.25, 0.3) is 5.56 Å². The van der Waals surface area contributed by atoms with Gasteiger partial charge in [-0.1, -0.05) is 32.0 Å². The number of carbonyl (C=O) groups excluding carboxylic acids is 1. The van der Waals surface area contributed by atoms with Gasteiger partial charge < -0.3 is 5.32 Å². The molecule has 4 aromatic rings. The lowest BCUT2D eigenvalue weighted by Crippen LogP contribution is -2.29. The molecule has 0 saturated carbocycles. The van der Waals surface area contributed by atoms with E-state index in [2.05, 4.69) is 24.3 Å². The molecule has 0 bridgehead atoms. The number of amides is 1. The van der Waals surface area contributed by atoms with Crippen molar-refractivity contribution in [2.24, 2.45) is 0 Å². The molecule has 32 heavy (non-hydrogen) atoms. The summed E-state index contributed by atoms with van der Waals surface area (Å²) in [5.74, 6) is -0.349. The summed E-state index contributed by atoms with van der Waals surface area (Å²) in [5, 5.41) is 8.16. The minimum Gasteiger partial charge on any atom is -0.325 e. The second-order valence-corrected chi connectivity index (χ2v) is 8.25. The van der Waals surface area contributed by atoms with Crippen molar-refractivity contribution >= 4 is 22.6 Å². The Labute approximate surface area is 185 Å². The van der Waals surface area contributed by atoms with Gasteiger partial charge in [-0.3, -0.25) is 14.2 Å². The minimum absolute atomic E-state index is 0.192. The van der Waals surface area contributed by atoms with Crippen molar-refractivity contribution in [3.63, 3.8) is 0 Å². The van der Waals surface area contributed by atoms with Crippen LogP contribution in [0.15, 0.2) is 59.4 Å². The maximum atomic E-state index is 13.9. The molecular formula is C25H25FN4O2. The van der Waals surface area contributed by atoms with E-state index in [4.69, 9.17) is 0 Å². The van der Waals surface area contributed by atoms with Crippen LogP contribution in [0.2, 0.25) is 0 Å². The number of aromatic nitrogens is 3. The van der Waals surface area contributed by atoms with Crippen LogP contribution in [0.1, 0.15) is 36.6 Å². The van der Waals surface area contributed by atoms with E-state index in [0.29, 0.717) is 28.6 Å². The van der Waals surface area contributed by atoms with Crippen molar-refractivity contribution < 1.29 is 9.18 Å². The van der Waals surface area contributed by atoms with E-state index in [-0.39, 0.29) is 18.0 Å². The average Bonchev–Trinajstić information content (AvgIpc) is 3.09. The molecule has 0 aliphatic rings. The van der Waals surface area contributed by atoms with E-state index in [1.807, 2.05) is 38.1 Å². The third kappa shape index (κ3) is 4.06. The van der Waals surface area contributed by atoms with E-state index in [0.717, 1.165) is 10.9 Å². The first kappa shape index (κ1) is 21.5. The van der Waals surface area contributed by atoms with Crippen LogP contribution in [0.25, 0.3) is 16.7 Å². The number of nitrogens with one attached hydrogen (secondary N) is 1. The average molecular weight is 432 g/mol. The Hall–Kier alpha value is -3.74. The summed E-state index contributed by atoms with van der Waals surface area (Å²) in [6.45, 7) is 7.67. The molecule has 164 valence electrons. The number of nitrogens with zero attached hydrogens (tertiary/aromatic N) is 3. The number of halogens is 1. The first-order valence-electron chi connectivity index (χ1n) is 10.5. The zero-order valence-corrected chi connectivity index (χ0v) is 18.5. The molecule has 0 aliphatic heterocycles. The van der Waals surface area contributed by atoms with Crippen LogP contribution in [0.3, 0.4) is 0 Å². The molecule has 0 spiro atoms. The van der Waals surface area contributed by atoms with E-state index in [9.17, 15) is 14.0 Å². The minimum atomic E-state index is -0.409. The number of carbonyl (C=O) groups is 1. The summed E-state index contributed by atoms with van der Waals surface area (Å²) in [5.41, 5.74) is 3.90. The number of rotatable bonds is 5. The highest BCUT2D eigenvalue weighted by atomic mass is 19.1. The third-order valence-electron chi connectivity index (χ3n) is 5.51. The first-order chi connectivity index (χ1) is 15.2. The quantitative estimate of drug-likeness (QED) is 0.497. The molecule has 2 heterocycles. The van der Waals surface area contributed by atoms with Crippen molar-refractivity contribution in [1.82, 2.24) is 14.3 Å². The number of hydrogen-bond donors (Lipinski definition) is 1. The monoisotopic (exact) mass is 432 g/mol. The highest BCUT2D eigenvalue weighted by Crippen LogP contribution is 2.24. The van der Waals surface area contributed by atoms with Crippen LogP contribution < -0.4 is 10.9 Å². The Kier molecular flexibility index (Phi) is 5.65. The number of hydrogen-bond acceptors (Lipinski definition) is 3. The Morgan fingerprint density at radius 1 is 1.09 bits per heavy atom. The van der Waals surface area contributed by atoms with Gasteiger partial charge in [0.2, 0.25) is 5.91 Å². The number of aryl methyl sites for hydroxylation is 2. The number of benzene rings is 2. The number of pyridine rings is 1. The molecule has 4 rings (SSSR count). The van der Waals surface area contributed by atoms with Gasteiger partial charge in [0.05, 0.1) is 11.4 Å². The van der Waals surface area contributed by atoms with Crippen LogP contribution >= 0.6 is 0 Å². The van der Waals surface area contributed by atoms with Crippen molar-refractivity contribution in [2.45, 2.75) is 40.2 Å². The predicted octanol–water partition coefficient (Wildman–Crippen LogP) is 4.71. The second kappa shape index (κ2) is 8.42. The standard InChI is InChI=1S/C25H25FN4O2/c1-15(2)18-8-10-20(11-9-18)27-22(31)14-29-23(32)12-16(3)24-17(4)28-30(25(24)29)21-7-5-6-19(26)13-21/h5-13,15H,14H2,1-4H3,(H,27,31). The van der Waals surface area contributed by atoms with Crippen LogP contribution in [0.5, 0.6) is 0 Å². The van der Waals surface area contributed by atoms with E-state index in [1.165, 1.54) is 33.0 Å². The van der Waals surface area contributed by atoms with Gasteiger partial charge in [-0.15, -0.1) is 0 Å². The molecule has 2 aromatic heterocycles. The lowest BCUT2D eigenvalue weighted by molar-refractivity contribution is -0.116. The number of anilines is 1. The summed E-state index contributed by atoms with van der Waals surface area (Å²) in [6, 6.07) is 15.1. The summed E-state index contributed by atoms with van der Waals surface area (Å²) in [6.07, 6.45) is 0. The van der Waals surface area contributed by atoms with Crippen molar-refractivity contribution in [3.05, 3.63) is 87.6 Å². The zero-order valence-electron chi connectivity index (χ0n) is 18.5. The topological polar surface area (TPSA) is 68.9 Å². The van der Waals surface area contributed by atoms with E-state index in [1.54, 1.807) is 12.1 Å². The van der Waals surface area contributed by atoms with Crippen LogP contribution in [0.4, 0.5) is 10.1 Å². The molecule has 0 radical (unpaired) electrons. The fraction of sp³-hybridized carbons (Fsp3) is 0.240. The zero-order chi connectivity index (χ0) is 23.0. The maximum Gasteiger partial charge on any atom is 0.252 e. The molecule has 0 atom stereocenters. The molecule has 0 fully saturated rings. The fourth-order valence-electron chi connectivity index (χ4n) is 3.90. The largest absolute Gasteiger partial charge is 0.325 e. The SMILES string of the molecule is Cc1cc(=O)n(CC(=O)Nc2ccc(C(C)C)cc2)c2c1c(C)nn2-c1cccc(F)c1. The van der Waals surface area contributed by atoms with Gasteiger partial charge in [0.1, 0.15) is 18.0 Å². The van der Waals surface area contributed by atoms with Gasteiger partial charge in [0.15, 0.2) is 0 Å². The molecule has 0 saturated heterocycles. The maximum absolute atomic E-state index is 13.9. The Bertz CT molecular complexity index is 1370. The molecule has 0 unspecified atom stereocenters. The van der Waals surface area contributed by atoms with E-state index >= 15 is 0 Å². The lowest BCUT2D eigenvalue weighted by Gasteiger charge is -2.13. The molecule has 0 aliphatic carbocycles. The van der Waals surface area contributed by atoms with Crippen molar-refractivity contribution in [2.75, 3.05) is 5.32 Å². The summed E-state index contributed by atoms with van der Waals surface area (Å²) >= 11 is 0. The Morgan fingerprint density at radius 3 is 2.47 bits per heavy atom. The van der Waals surface area contributed by atoms with Crippen LogP contribution in [-0.4, -0.2) is 20.3 Å². The Balaban J connectivity index is 1.75.